The lowest BCUT2D eigenvalue weighted by Crippen LogP contribution is -2.38. The molecule has 0 radical (unpaired) electrons. The Kier molecular flexibility index (Phi) is 4.77. The number of nitro benzene ring substituents is 1. The van der Waals surface area contributed by atoms with E-state index in [4.69, 9.17) is 16.3 Å². The topological polar surface area (TPSA) is 69.4 Å². The van der Waals surface area contributed by atoms with E-state index in [0.717, 1.165) is 35.8 Å². The fourth-order valence-electron chi connectivity index (χ4n) is 3.39. The van der Waals surface area contributed by atoms with E-state index in [1.807, 2.05) is 12.1 Å². The number of hydrogen-bond donors (Lipinski definition) is 0. The minimum atomic E-state index is -0.809. The Hall–Kier alpha value is -2.40. The van der Waals surface area contributed by atoms with E-state index in [-0.39, 0.29) is 18.0 Å². The molecule has 0 saturated heterocycles. The quantitative estimate of drug-likeness (QED) is 0.450. The Morgan fingerprint density at radius 2 is 2.12 bits per heavy atom. The van der Waals surface area contributed by atoms with Crippen molar-refractivity contribution < 1.29 is 14.5 Å². The molecular formula is C19H18ClNO4. The number of hydrogen-bond acceptors (Lipinski definition) is 4. The minimum Gasteiger partial charge on any atom is -0.485 e. The van der Waals surface area contributed by atoms with E-state index in [1.165, 1.54) is 6.07 Å². The van der Waals surface area contributed by atoms with E-state index in [0.29, 0.717) is 11.4 Å². The largest absolute Gasteiger partial charge is 0.485 e. The molecule has 0 heterocycles. The second kappa shape index (κ2) is 6.84. The van der Waals surface area contributed by atoms with E-state index in [9.17, 15) is 14.9 Å². The van der Waals surface area contributed by atoms with Crippen LogP contribution in [0, 0.1) is 17.0 Å². The van der Waals surface area contributed by atoms with Crippen LogP contribution in [0.1, 0.15) is 29.5 Å². The average Bonchev–Trinajstić information content (AvgIpc) is 2.60. The molecule has 0 aromatic heterocycles. The molecule has 0 amide bonds. The van der Waals surface area contributed by atoms with Crippen molar-refractivity contribution in [1.29, 1.82) is 0 Å². The van der Waals surface area contributed by atoms with Gasteiger partial charge in [-0.1, -0.05) is 23.7 Å². The lowest BCUT2D eigenvalue weighted by atomic mass is 9.71. The number of rotatable bonds is 5. The maximum atomic E-state index is 12.0. The van der Waals surface area contributed by atoms with Crippen molar-refractivity contribution in [1.82, 2.24) is 0 Å². The summed E-state index contributed by atoms with van der Waals surface area (Å²) in [6.07, 6.45) is 3.24. The smallest absolute Gasteiger partial charge is 0.311 e. The first kappa shape index (κ1) is 17.4. The van der Waals surface area contributed by atoms with E-state index in [2.05, 4.69) is 0 Å². The Bertz CT molecular complexity index is 836. The van der Waals surface area contributed by atoms with Crippen LogP contribution in [0.3, 0.4) is 0 Å². The zero-order valence-corrected chi connectivity index (χ0v) is 14.6. The summed E-state index contributed by atoms with van der Waals surface area (Å²) in [7, 11) is 0. The van der Waals surface area contributed by atoms with Gasteiger partial charge in [-0.05, 0) is 61.1 Å². The predicted octanol–water partition coefficient (Wildman–Crippen LogP) is 4.41. The first-order valence-electron chi connectivity index (χ1n) is 8.08. The van der Waals surface area contributed by atoms with Crippen LogP contribution in [0.5, 0.6) is 5.75 Å². The van der Waals surface area contributed by atoms with Crippen molar-refractivity contribution in [3.63, 3.8) is 0 Å². The van der Waals surface area contributed by atoms with Gasteiger partial charge in [0.25, 0.3) is 0 Å². The van der Waals surface area contributed by atoms with Gasteiger partial charge >= 0.3 is 5.69 Å². The van der Waals surface area contributed by atoms with Crippen LogP contribution in [-0.4, -0.2) is 17.8 Å². The van der Waals surface area contributed by atoms with Crippen LogP contribution < -0.4 is 4.74 Å². The molecule has 2 aromatic rings. The van der Waals surface area contributed by atoms with Crippen molar-refractivity contribution in [3.05, 3.63) is 68.2 Å². The Labute approximate surface area is 150 Å². The summed E-state index contributed by atoms with van der Waals surface area (Å²) in [5.74, 6) is 0.179. The summed E-state index contributed by atoms with van der Waals surface area (Å²) in [5.41, 5.74) is 1.81. The average molecular weight is 360 g/mol. The fourth-order valence-corrected chi connectivity index (χ4v) is 3.58. The molecule has 5 nitrogen and oxygen atoms in total. The molecule has 1 aliphatic carbocycles. The maximum Gasteiger partial charge on any atom is 0.311 e. The molecule has 0 fully saturated rings. The number of carbonyl (C=O) groups excluding carboxylic acids is 1. The number of halogens is 1. The molecule has 1 aliphatic rings. The van der Waals surface area contributed by atoms with Crippen molar-refractivity contribution in [3.8, 4) is 5.75 Å². The maximum absolute atomic E-state index is 12.0. The molecule has 0 N–H and O–H groups in total. The monoisotopic (exact) mass is 359 g/mol. The highest BCUT2D eigenvalue weighted by Gasteiger charge is 2.38. The first-order chi connectivity index (χ1) is 11.9. The van der Waals surface area contributed by atoms with Gasteiger partial charge in [0.2, 0.25) is 0 Å². The fraction of sp³-hybridized carbons (Fsp3) is 0.316. The summed E-state index contributed by atoms with van der Waals surface area (Å²) in [6.45, 7) is 1.85. The number of aryl methyl sites for hydroxylation is 2. The Balaban J connectivity index is 1.93. The molecule has 0 saturated carbocycles. The van der Waals surface area contributed by atoms with Crippen molar-refractivity contribution in [2.75, 3.05) is 6.61 Å². The van der Waals surface area contributed by atoms with Crippen LogP contribution in [0.4, 0.5) is 5.69 Å². The van der Waals surface area contributed by atoms with Gasteiger partial charge in [0, 0.05) is 11.1 Å². The third-order valence-electron chi connectivity index (χ3n) is 4.69. The highest BCUT2D eigenvalue weighted by Crippen LogP contribution is 2.38. The second-order valence-corrected chi connectivity index (χ2v) is 6.88. The zero-order valence-electron chi connectivity index (χ0n) is 13.8. The lowest BCUT2D eigenvalue weighted by molar-refractivity contribution is -0.386. The summed E-state index contributed by atoms with van der Waals surface area (Å²) in [6, 6.07) is 10.3. The van der Waals surface area contributed by atoms with E-state index in [1.54, 1.807) is 25.1 Å². The van der Waals surface area contributed by atoms with E-state index < -0.39 is 10.3 Å². The van der Waals surface area contributed by atoms with Gasteiger partial charge in [-0.15, -0.1) is 0 Å². The summed E-state index contributed by atoms with van der Waals surface area (Å²) in [5, 5.41) is 11.9. The van der Waals surface area contributed by atoms with Gasteiger partial charge in [0.15, 0.2) is 5.75 Å². The highest BCUT2D eigenvalue weighted by molar-refractivity contribution is 6.30. The minimum absolute atomic E-state index is 0.0645. The predicted molar refractivity (Wildman–Crippen MR) is 95.5 cm³/mol. The number of nitro groups is 1. The van der Waals surface area contributed by atoms with Crippen LogP contribution >= 0.6 is 11.6 Å². The van der Waals surface area contributed by atoms with Crippen LogP contribution in [0.2, 0.25) is 5.02 Å². The molecule has 130 valence electrons. The number of fused-ring (bicyclic) bond motifs is 1. The molecule has 0 bridgehead atoms. The van der Waals surface area contributed by atoms with Crippen molar-refractivity contribution in [2.45, 2.75) is 31.6 Å². The SMILES string of the molecule is Cc1ccc(OC[C@@]2(C=O)CCCc3cc(Cl)ccc32)c([N+](=O)[O-])c1. The Morgan fingerprint density at radius 3 is 2.84 bits per heavy atom. The summed E-state index contributed by atoms with van der Waals surface area (Å²) < 4.78 is 5.77. The Morgan fingerprint density at radius 1 is 1.32 bits per heavy atom. The van der Waals surface area contributed by atoms with Gasteiger partial charge in [-0.25, -0.2) is 0 Å². The van der Waals surface area contributed by atoms with Crippen molar-refractivity contribution >= 4 is 23.6 Å². The number of aldehydes is 1. The second-order valence-electron chi connectivity index (χ2n) is 6.45. The molecule has 1 atom stereocenters. The van der Waals surface area contributed by atoms with Crippen LogP contribution in [0.25, 0.3) is 0 Å². The summed E-state index contributed by atoms with van der Waals surface area (Å²) >= 11 is 6.06. The van der Waals surface area contributed by atoms with E-state index >= 15 is 0 Å². The highest BCUT2D eigenvalue weighted by atomic mass is 35.5. The van der Waals surface area contributed by atoms with Crippen molar-refractivity contribution in [2.24, 2.45) is 0 Å². The molecule has 0 unspecified atom stereocenters. The molecule has 0 aliphatic heterocycles. The summed E-state index contributed by atoms with van der Waals surface area (Å²) in [4.78, 5) is 22.8. The standard InChI is InChI=1S/C19H18ClNO4/c1-13-4-7-18(17(9-13)21(23)24)25-12-19(11-22)8-2-3-14-10-15(20)5-6-16(14)19/h4-7,9-11H,2-3,8,12H2,1H3/t19-/m0/s1. The van der Waals surface area contributed by atoms with Crippen LogP contribution in [0.15, 0.2) is 36.4 Å². The molecule has 2 aromatic carbocycles. The van der Waals surface area contributed by atoms with Gasteiger partial charge < -0.3 is 9.53 Å². The van der Waals surface area contributed by atoms with Gasteiger partial charge in [-0.3, -0.25) is 10.1 Å². The van der Waals surface area contributed by atoms with Gasteiger partial charge in [-0.2, -0.15) is 0 Å². The lowest BCUT2D eigenvalue weighted by Gasteiger charge is -2.34. The molecule has 25 heavy (non-hydrogen) atoms. The third kappa shape index (κ3) is 3.37. The third-order valence-corrected chi connectivity index (χ3v) is 4.93. The normalized spacial score (nSPS) is 19.1. The molecule has 3 rings (SSSR count). The van der Waals surface area contributed by atoms with Gasteiger partial charge in [0.05, 0.1) is 10.3 Å². The molecule has 0 spiro atoms. The zero-order chi connectivity index (χ0) is 18.0. The first-order valence-corrected chi connectivity index (χ1v) is 8.46. The number of benzene rings is 2. The van der Waals surface area contributed by atoms with Crippen LogP contribution in [-0.2, 0) is 16.6 Å². The number of nitrogens with zero attached hydrogens (tertiary/aromatic N) is 1. The number of carbonyl (C=O) groups is 1. The number of ether oxygens (including phenoxy) is 1. The molecule has 6 heteroatoms. The van der Waals surface area contributed by atoms with Gasteiger partial charge in [0.1, 0.15) is 12.9 Å². The molecular weight excluding hydrogens is 342 g/mol.